The van der Waals surface area contributed by atoms with Crippen molar-refractivity contribution in [3.05, 3.63) is 48.8 Å². The monoisotopic (exact) mass is 367 g/mol. The summed E-state index contributed by atoms with van der Waals surface area (Å²) in [5.74, 6) is 1.68. The minimum Gasteiger partial charge on any atom is -1.00 e. The highest BCUT2D eigenvalue weighted by atomic mass is 127. The van der Waals surface area contributed by atoms with Gasteiger partial charge in [-0.2, -0.15) is 0 Å². The molecule has 0 spiro atoms. The van der Waals surface area contributed by atoms with Crippen molar-refractivity contribution in [2.45, 2.75) is 0 Å². The van der Waals surface area contributed by atoms with Crippen molar-refractivity contribution in [1.29, 1.82) is 0 Å². The predicted molar refractivity (Wildman–Crippen MR) is 69.4 cm³/mol. The van der Waals surface area contributed by atoms with Gasteiger partial charge in [-0.25, -0.2) is 4.57 Å². The van der Waals surface area contributed by atoms with E-state index in [1.807, 2.05) is 60.4 Å². The van der Waals surface area contributed by atoms with Gasteiger partial charge in [-0.05, 0) is 18.2 Å². The molecule has 0 unspecified atom stereocenters. The average molecular weight is 367 g/mol. The zero-order chi connectivity index (χ0) is 12.5. The zero-order valence-corrected chi connectivity index (χ0v) is 12.9. The van der Waals surface area contributed by atoms with Crippen LogP contribution >= 0.6 is 0 Å². The van der Waals surface area contributed by atoms with Crippen LogP contribution in [0.2, 0.25) is 0 Å². The summed E-state index contributed by atoms with van der Waals surface area (Å²) in [5, 5.41) is 1.08. The van der Waals surface area contributed by atoms with Gasteiger partial charge < -0.3 is 33.1 Å². The van der Waals surface area contributed by atoms with E-state index < -0.39 is 0 Å². The Morgan fingerprint density at radius 2 is 1.79 bits per heavy atom. The van der Waals surface area contributed by atoms with Crippen LogP contribution in [0, 0.1) is 0 Å². The summed E-state index contributed by atoms with van der Waals surface area (Å²) in [6.45, 7) is 0. The molecule has 2 aromatic heterocycles. The maximum atomic E-state index is 5.85. The third kappa shape index (κ3) is 2.73. The summed E-state index contributed by atoms with van der Waals surface area (Å²) in [5.41, 5.74) is 1.92. The van der Waals surface area contributed by atoms with Gasteiger partial charge in [-0.15, -0.1) is 0 Å². The first-order valence-corrected chi connectivity index (χ1v) is 5.79. The summed E-state index contributed by atoms with van der Waals surface area (Å²) in [7, 11) is 3.65. The zero-order valence-electron chi connectivity index (χ0n) is 10.8. The highest BCUT2D eigenvalue weighted by Gasteiger charge is 2.08. The van der Waals surface area contributed by atoms with E-state index >= 15 is 0 Å². The Labute approximate surface area is 128 Å². The van der Waals surface area contributed by atoms with Crippen LogP contribution in [-0.2, 0) is 7.05 Å². The number of benzene rings is 1. The molecule has 0 aliphatic rings. The van der Waals surface area contributed by atoms with Crippen molar-refractivity contribution in [3.63, 3.8) is 0 Å². The van der Waals surface area contributed by atoms with Gasteiger partial charge >= 0.3 is 0 Å². The van der Waals surface area contributed by atoms with Crippen LogP contribution in [0.15, 0.2) is 53.2 Å². The molecule has 0 saturated heterocycles. The molecule has 3 rings (SSSR count). The van der Waals surface area contributed by atoms with Crippen LogP contribution in [0.3, 0.4) is 0 Å². The second-order valence-corrected chi connectivity index (χ2v) is 4.27. The quantitative estimate of drug-likeness (QED) is 0.469. The highest BCUT2D eigenvalue weighted by molar-refractivity contribution is 5.83. The van der Waals surface area contributed by atoms with Crippen LogP contribution in [0.1, 0.15) is 0 Å². The first-order chi connectivity index (χ1) is 8.76. The van der Waals surface area contributed by atoms with Crippen LogP contribution in [-0.4, -0.2) is 7.11 Å². The van der Waals surface area contributed by atoms with Gasteiger partial charge in [0.2, 0.25) is 0 Å². The molecule has 2 heterocycles. The predicted octanol–water partition coefficient (Wildman–Crippen LogP) is -0.0631. The van der Waals surface area contributed by atoms with Gasteiger partial charge in [-0.1, -0.05) is 0 Å². The van der Waals surface area contributed by atoms with Crippen molar-refractivity contribution in [2.24, 2.45) is 7.05 Å². The number of rotatable bonds is 2. The number of hydrogen-bond donors (Lipinski definition) is 0. The molecule has 0 aliphatic carbocycles. The minimum atomic E-state index is 0. The van der Waals surface area contributed by atoms with Crippen molar-refractivity contribution < 1.29 is 37.7 Å². The lowest BCUT2D eigenvalue weighted by Crippen LogP contribution is -3.00. The molecular formula is C15H14INO2. The lowest BCUT2D eigenvalue weighted by molar-refractivity contribution is -0.671. The second-order valence-electron chi connectivity index (χ2n) is 4.27. The third-order valence-electron chi connectivity index (χ3n) is 2.99. The SMILES string of the molecule is COc1ccc2cc(-c3cc[n+](C)cc3)oc2c1.[I-]. The third-order valence-corrected chi connectivity index (χ3v) is 2.99. The molecule has 98 valence electrons. The maximum Gasteiger partial charge on any atom is 0.169 e. The van der Waals surface area contributed by atoms with Gasteiger partial charge in [0.05, 0.1) is 7.11 Å². The number of nitrogens with zero attached hydrogens (tertiary/aromatic N) is 1. The van der Waals surface area contributed by atoms with E-state index in [4.69, 9.17) is 9.15 Å². The molecule has 0 saturated carbocycles. The molecule has 0 N–H and O–H groups in total. The van der Waals surface area contributed by atoms with E-state index in [-0.39, 0.29) is 24.0 Å². The highest BCUT2D eigenvalue weighted by Crippen LogP contribution is 2.29. The van der Waals surface area contributed by atoms with E-state index in [1.54, 1.807) is 7.11 Å². The molecule has 0 amide bonds. The van der Waals surface area contributed by atoms with Crippen LogP contribution in [0.25, 0.3) is 22.3 Å². The van der Waals surface area contributed by atoms with Crippen LogP contribution in [0.5, 0.6) is 5.75 Å². The van der Waals surface area contributed by atoms with E-state index in [0.29, 0.717) is 0 Å². The van der Waals surface area contributed by atoms with Gasteiger partial charge in [0.15, 0.2) is 12.4 Å². The lowest BCUT2D eigenvalue weighted by Gasteiger charge is -1.97. The summed E-state index contributed by atoms with van der Waals surface area (Å²) >= 11 is 0. The number of ether oxygens (including phenoxy) is 1. The Hall–Kier alpha value is -1.56. The van der Waals surface area contributed by atoms with E-state index in [9.17, 15) is 0 Å². The Balaban J connectivity index is 0.00000133. The van der Waals surface area contributed by atoms with Crippen molar-refractivity contribution in [3.8, 4) is 17.1 Å². The van der Waals surface area contributed by atoms with Crippen LogP contribution < -0.4 is 33.3 Å². The maximum absolute atomic E-state index is 5.85. The second kappa shape index (κ2) is 5.61. The standard InChI is InChI=1S/C15H14NO2.HI/c1-16-7-5-11(6-8-16)14-9-12-3-4-13(17-2)10-15(12)18-14;/h3-10H,1-2H3;1H/q+1;/p-1. The molecule has 0 radical (unpaired) electrons. The average Bonchev–Trinajstić information content (AvgIpc) is 2.82. The van der Waals surface area contributed by atoms with E-state index in [0.717, 1.165) is 28.0 Å². The first kappa shape index (κ1) is 13.9. The molecule has 3 aromatic rings. The Morgan fingerprint density at radius 1 is 1.05 bits per heavy atom. The number of fused-ring (bicyclic) bond motifs is 1. The summed E-state index contributed by atoms with van der Waals surface area (Å²) in [4.78, 5) is 0. The normalized spacial score (nSPS) is 10.2. The van der Waals surface area contributed by atoms with Gasteiger partial charge in [0.25, 0.3) is 0 Å². The Kier molecular flexibility index (Phi) is 4.09. The largest absolute Gasteiger partial charge is 1.00 e. The number of halogens is 1. The summed E-state index contributed by atoms with van der Waals surface area (Å²) < 4.78 is 13.0. The Bertz CT molecular complexity index is 689. The molecule has 3 nitrogen and oxygen atoms in total. The molecular weight excluding hydrogens is 353 g/mol. The fraction of sp³-hybridized carbons (Fsp3) is 0.133. The number of aromatic nitrogens is 1. The van der Waals surface area contributed by atoms with Crippen molar-refractivity contribution in [1.82, 2.24) is 0 Å². The fourth-order valence-corrected chi connectivity index (χ4v) is 1.95. The number of furan rings is 1. The molecule has 4 heteroatoms. The molecule has 19 heavy (non-hydrogen) atoms. The Morgan fingerprint density at radius 3 is 2.47 bits per heavy atom. The van der Waals surface area contributed by atoms with Gasteiger partial charge in [0, 0.05) is 29.1 Å². The molecule has 0 atom stereocenters. The number of pyridine rings is 1. The van der Waals surface area contributed by atoms with Crippen LogP contribution in [0.4, 0.5) is 0 Å². The van der Waals surface area contributed by atoms with E-state index in [1.165, 1.54) is 0 Å². The molecule has 0 fully saturated rings. The number of hydrogen-bond acceptors (Lipinski definition) is 2. The minimum absolute atomic E-state index is 0. The van der Waals surface area contributed by atoms with Gasteiger partial charge in [-0.3, -0.25) is 0 Å². The topological polar surface area (TPSA) is 26.2 Å². The summed E-state index contributed by atoms with van der Waals surface area (Å²) in [6, 6.07) is 12.0. The number of aryl methyl sites for hydroxylation is 1. The van der Waals surface area contributed by atoms with E-state index in [2.05, 4.69) is 0 Å². The number of methoxy groups -OCH3 is 1. The van der Waals surface area contributed by atoms with Crippen molar-refractivity contribution in [2.75, 3.05) is 7.11 Å². The summed E-state index contributed by atoms with van der Waals surface area (Å²) in [6.07, 6.45) is 4.01. The molecule has 0 bridgehead atoms. The first-order valence-electron chi connectivity index (χ1n) is 5.79. The van der Waals surface area contributed by atoms with Crippen molar-refractivity contribution >= 4 is 11.0 Å². The fourth-order valence-electron chi connectivity index (χ4n) is 1.95. The van der Waals surface area contributed by atoms with Gasteiger partial charge in [0.1, 0.15) is 24.1 Å². The molecule has 0 aliphatic heterocycles. The smallest absolute Gasteiger partial charge is 0.169 e. The lowest BCUT2D eigenvalue weighted by atomic mass is 10.2. The molecule has 1 aromatic carbocycles.